The summed E-state index contributed by atoms with van der Waals surface area (Å²) in [5.41, 5.74) is 6.80. The van der Waals surface area contributed by atoms with Crippen LogP contribution in [0.3, 0.4) is 0 Å². The predicted molar refractivity (Wildman–Crippen MR) is 149 cm³/mol. The zero-order valence-electron chi connectivity index (χ0n) is 22.4. The number of anilines is 1. The predicted octanol–water partition coefficient (Wildman–Crippen LogP) is 5.77. The molecule has 4 rings (SSSR count). The Morgan fingerprint density at radius 3 is 2.35 bits per heavy atom. The fourth-order valence-electron chi connectivity index (χ4n) is 5.35. The van der Waals surface area contributed by atoms with Gasteiger partial charge in [0.05, 0.1) is 17.8 Å². The van der Waals surface area contributed by atoms with E-state index in [0.717, 1.165) is 6.07 Å². The van der Waals surface area contributed by atoms with E-state index in [2.05, 4.69) is 0 Å². The normalized spacial score (nSPS) is 17.8. The second kappa shape index (κ2) is 12.4. The minimum Gasteiger partial charge on any atom is -0.448 e. The second-order valence-electron chi connectivity index (χ2n) is 10.6. The Morgan fingerprint density at radius 2 is 1.77 bits per heavy atom. The number of halogens is 5. The number of piperazine rings is 1. The number of carbonyl (C=O) groups is 2. The summed E-state index contributed by atoms with van der Waals surface area (Å²) >= 11 is 12.4. The molecule has 2 saturated heterocycles. The third-order valence-corrected chi connectivity index (χ3v) is 7.87. The Balaban J connectivity index is 1.57. The number of nitrogens with zero attached hydrogens (tertiary/aromatic N) is 3. The third kappa shape index (κ3) is 6.78. The number of alkyl halides is 3. The average molecular weight is 601 g/mol. The van der Waals surface area contributed by atoms with E-state index in [9.17, 15) is 22.8 Å². The number of amides is 2. The second-order valence-corrected chi connectivity index (χ2v) is 11.4. The molecule has 0 aliphatic carbocycles. The number of nitrogens with two attached hydrogens (primary N) is 1. The van der Waals surface area contributed by atoms with Gasteiger partial charge in [-0.1, -0.05) is 55.2 Å². The smallest absolute Gasteiger partial charge is 0.418 e. The molecule has 0 spiro atoms. The summed E-state index contributed by atoms with van der Waals surface area (Å²) in [4.78, 5) is 30.8. The molecule has 2 aliphatic heterocycles. The standard InChI is InChI=1S/C28H33Cl2F3N4O3/c1-17(2)14-23(34)20-4-3-5-21(28(31,32)33)25(20)35-8-10-36(11-9-35)26(38)24(37-12-13-40-27(37)39)15-18-6-7-19(29)16-22(18)30/h3-7,16-17,23-24H,8-15,34H2,1-2H3. The number of rotatable bonds is 8. The fourth-order valence-corrected chi connectivity index (χ4v) is 5.84. The first kappa shape index (κ1) is 30.3. The van der Waals surface area contributed by atoms with E-state index in [0.29, 0.717) is 27.6 Å². The highest BCUT2D eigenvalue weighted by Crippen LogP contribution is 2.41. The van der Waals surface area contributed by atoms with E-state index in [1.54, 1.807) is 34.1 Å². The molecular weight excluding hydrogens is 568 g/mol. The van der Waals surface area contributed by atoms with Gasteiger partial charge in [-0.15, -0.1) is 0 Å². The van der Waals surface area contributed by atoms with Crippen molar-refractivity contribution in [2.75, 3.05) is 44.2 Å². The lowest BCUT2D eigenvalue weighted by Gasteiger charge is -2.40. The first-order valence-electron chi connectivity index (χ1n) is 13.2. The quantitative estimate of drug-likeness (QED) is 0.416. The molecule has 12 heteroatoms. The molecule has 2 amide bonds. The Bertz CT molecular complexity index is 1240. The zero-order valence-corrected chi connectivity index (χ0v) is 23.9. The van der Waals surface area contributed by atoms with Gasteiger partial charge >= 0.3 is 12.3 Å². The Morgan fingerprint density at radius 1 is 1.07 bits per heavy atom. The lowest BCUT2D eigenvalue weighted by molar-refractivity contribution is -0.138. The van der Waals surface area contributed by atoms with Crippen LogP contribution in [0, 0.1) is 5.92 Å². The number of para-hydroxylation sites is 1. The van der Waals surface area contributed by atoms with Gasteiger partial charge in [-0.3, -0.25) is 9.69 Å². The maximum atomic E-state index is 14.1. The molecule has 2 N–H and O–H groups in total. The van der Waals surface area contributed by atoms with Crippen molar-refractivity contribution in [3.05, 3.63) is 63.1 Å². The van der Waals surface area contributed by atoms with Gasteiger partial charge in [0.25, 0.3) is 0 Å². The SMILES string of the molecule is CC(C)CC(N)c1cccc(C(F)(F)F)c1N1CCN(C(=O)C(Cc2ccc(Cl)cc2Cl)N2CCOC2=O)CC1. The summed E-state index contributed by atoms with van der Waals surface area (Å²) in [6, 6.07) is 7.61. The van der Waals surface area contributed by atoms with Crippen molar-refractivity contribution in [1.29, 1.82) is 0 Å². The molecule has 40 heavy (non-hydrogen) atoms. The van der Waals surface area contributed by atoms with Crippen molar-refractivity contribution in [2.24, 2.45) is 11.7 Å². The minimum absolute atomic E-state index is 0.0721. The number of carbonyl (C=O) groups excluding carboxylic acids is 2. The molecule has 2 unspecified atom stereocenters. The molecule has 2 heterocycles. The monoisotopic (exact) mass is 600 g/mol. The van der Waals surface area contributed by atoms with Gasteiger partial charge in [0.15, 0.2) is 0 Å². The van der Waals surface area contributed by atoms with Crippen LogP contribution in [0.15, 0.2) is 36.4 Å². The third-order valence-electron chi connectivity index (χ3n) is 7.29. The fraction of sp³-hybridized carbons (Fsp3) is 0.500. The van der Waals surface area contributed by atoms with Crippen molar-refractivity contribution in [3.8, 4) is 0 Å². The summed E-state index contributed by atoms with van der Waals surface area (Å²) in [6.45, 7) is 5.07. The minimum atomic E-state index is -4.56. The summed E-state index contributed by atoms with van der Waals surface area (Å²) in [5, 5.41) is 0.816. The number of cyclic esters (lactones) is 1. The highest BCUT2D eigenvalue weighted by molar-refractivity contribution is 6.35. The molecule has 2 fully saturated rings. The van der Waals surface area contributed by atoms with E-state index in [4.69, 9.17) is 33.7 Å². The molecule has 218 valence electrons. The summed E-state index contributed by atoms with van der Waals surface area (Å²) < 4.78 is 47.4. The van der Waals surface area contributed by atoms with Crippen LogP contribution in [0.1, 0.15) is 43.0 Å². The van der Waals surface area contributed by atoms with Gasteiger partial charge in [0, 0.05) is 48.7 Å². The van der Waals surface area contributed by atoms with Crippen LogP contribution in [0.4, 0.5) is 23.7 Å². The molecule has 7 nitrogen and oxygen atoms in total. The van der Waals surface area contributed by atoms with Crippen LogP contribution in [0.5, 0.6) is 0 Å². The lowest BCUT2D eigenvalue weighted by Crippen LogP contribution is -2.56. The Hall–Kier alpha value is -2.69. The van der Waals surface area contributed by atoms with Gasteiger partial charge in [-0.25, -0.2) is 4.79 Å². The summed E-state index contributed by atoms with van der Waals surface area (Å²) in [7, 11) is 0. The van der Waals surface area contributed by atoms with Crippen molar-refractivity contribution in [2.45, 2.75) is 44.9 Å². The first-order chi connectivity index (χ1) is 18.9. The molecule has 0 saturated carbocycles. The van der Waals surface area contributed by atoms with E-state index in [1.165, 1.54) is 11.0 Å². The molecule has 0 bridgehead atoms. The van der Waals surface area contributed by atoms with Gasteiger partial charge in [-0.2, -0.15) is 13.2 Å². The van der Waals surface area contributed by atoms with Crippen LogP contribution >= 0.6 is 23.2 Å². The van der Waals surface area contributed by atoms with Crippen LogP contribution in [-0.4, -0.2) is 67.2 Å². The maximum absolute atomic E-state index is 14.1. The lowest BCUT2D eigenvalue weighted by atomic mass is 9.93. The topological polar surface area (TPSA) is 79.1 Å². The van der Waals surface area contributed by atoms with Gasteiger partial charge in [-0.05, 0) is 41.7 Å². The molecule has 0 radical (unpaired) electrons. The molecule has 0 aromatic heterocycles. The molecule has 2 aromatic rings. The summed E-state index contributed by atoms with van der Waals surface area (Å²) in [5.74, 6) is -0.111. The van der Waals surface area contributed by atoms with Crippen molar-refractivity contribution in [3.63, 3.8) is 0 Å². The highest BCUT2D eigenvalue weighted by atomic mass is 35.5. The van der Waals surface area contributed by atoms with Gasteiger partial charge in [0.2, 0.25) is 5.91 Å². The van der Waals surface area contributed by atoms with Crippen molar-refractivity contribution in [1.82, 2.24) is 9.80 Å². The first-order valence-corrected chi connectivity index (χ1v) is 14.0. The number of benzene rings is 2. The van der Waals surface area contributed by atoms with E-state index >= 15 is 0 Å². The Kier molecular flexibility index (Phi) is 9.42. The molecule has 2 atom stereocenters. The number of hydrogen-bond acceptors (Lipinski definition) is 5. The summed E-state index contributed by atoms with van der Waals surface area (Å²) in [6.07, 6.45) is -4.47. The molecule has 2 aliphatic rings. The van der Waals surface area contributed by atoms with E-state index in [-0.39, 0.29) is 63.3 Å². The van der Waals surface area contributed by atoms with Crippen LogP contribution in [0.25, 0.3) is 0 Å². The van der Waals surface area contributed by atoms with E-state index < -0.39 is 29.9 Å². The maximum Gasteiger partial charge on any atom is 0.418 e. The van der Waals surface area contributed by atoms with Gasteiger partial charge in [0.1, 0.15) is 12.6 Å². The molecule has 2 aromatic carbocycles. The van der Waals surface area contributed by atoms with Crippen molar-refractivity contribution >= 4 is 40.9 Å². The number of hydrogen-bond donors (Lipinski definition) is 1. The Labute approximate surface area is 241 Å². The van der Waals surface area contributed by atoms with Crippen LogP contribution in [0.2, 0.25) is 10.0 Å². The zero-order chi connectivity index (χ0) is 29.2. The van der Waals surface area contributed by atoms with Gasteiger partial charge < -0.3 is 20.3 Å². The van der Waals surface area contributed by atoms with E-state index in [1.807, 2.05) is 13.8 Å². The highest BCUT2D eigenvalue weighted by Gasteiger charge is 2.40. The molecular formula is C28H33Cl2F3N4O3. The largest absolute Gasteiger partial charge is 0.448 e. The van der Waals surface area contributed by atoms with Crippen LogP contribution in [-0.2, 0) is 22.1 Å². The average Bonchev–Trinajstić information content (AvgIpc) is 3.32. The van der Waals surface area contributed by atoms with Crippen molar-refractivity contribution < 1.29 is 27.5 Å². The number of ether oxygens (including phenoxy) is 1. The van der Waals surface area contributed by atoms with Crippen LogP contribution < -0.4 is 10.6 Å².